The van der Waals surface area contributed by atoms with Gasteiger partial charge in [0.2, 0.25) is 0 Å². The van der Waals surface area contributed by atoms with Crippen molar-refractivity contribution in [1.82, 2.24) is 0 Å². The topological polar surface area (TPSA) is 63.4 Å². The van der Waals surface area contributed by atoms with Crippen molar-refractivity contribution in [3.63, 3.8) is 0 Å². The SMILES string of the molecule is Cc1ccccc1N(C)S(=O)(=O)c1cc(C)c(F)c(N)c1. The van der Waals surface area contributed by atoms with Gasteiger partial charge in [-0.1, -0.05) is 18.2 Å². The third-order valence-electron chi connectivity index (χ3n) is 3.37. The Morgan fingerprint density at radius 3 is 2.29 bits per heavy atom. The quantitative estimate of drug-likeness (QED) is 0.887. The second-order valence-electron chi connectivity index (χ2n) is 4.90. The molecule has 2 rings (SSSR count). The van der Waals surface area contributed by atoms with Gasteiger partial charge in [-0.05, 0) is 43.2 Å². The smallest absolute Gasteiger partial charge is 0.264 e. The molecule has 112 valence electrons. The van der Waals surface area contributed by atoms with Crippen molar-refractivity contribution < 1.29 is 12.8 Å². The van der Waals surface area contributed by atoms with E-state index < -0.39 is 15.8 Å². The Kier molecular flexibility index (Phi) is 3.91. The number of sulfonamides is 1. The molecular formula is C15H17FN2O2S. The van der Waals surface area contributed by atoms with E-state index in [2.05, 4.69) is 0 Å². The first-order chi connectivity index (χ1) is 9.75. The number of anilines is 2. The van der Waals surface area contributed by atoms with E-state index in [1.165, 1.54) is 24.3 Å². The minimum atomic E-state index is -3.79. The van der Waals surface area contributed by atoms with Gasteiger partial charge in [0.05, 0.1) is 16.3 Å². The molecule has 2 N–H and O–H groups in total. The molecule has 2 aromatic rings. The van der Waals surface area contributed by atoms with Crippen LogP contribution in [0.25, 0.3) is 0 Å². The molecule has 0 fully saturated rings. The van der Waals surface area contributed by atoms with Crippen LogP contribution in [0.4, 0.5) is 15.8 Å². The van der Waals surface area contributed by atoms with Crippen molar-refractivity contribution in [2.75, 3.05) is 17.1 Å². The maximum absolute atomic E-state index is 13.6. The molecule has 0 aromatic heterocycles. The van der Waals surface area contributed by atoms with Gasteiger partial charge in [-0.3, -0.25) is 4.31 Å². The molecule has 0 aliphatic carbocycles. The van der Waals surface area contributed by atoms with Gasteiger partial charge in [-0.15, -0.1) is 0 Å². The molecular weight excluding hydrogens is 291 g/mol. The summed E-state index contributed by atoms with van der Waals surface area (Å²) in [5, 5.41) is 0. The molecule has 0 spiro atoms. The average Bonchev–Trinajstić information content (AvgIpc) is 2.44. The summed E-state index contributed by atoms with van der Waals surface area (Å²) in [7, 11) is -2.32. The molecule has 0 aliphatic heterocycles. The number of nitrogens with two attached hydrogens (primary N) is 1. The van der Waals surface area contributed by atoms with Gasteiger partial charge in [0.15, 0.2) is 0 Å². The van der Waals surface area contributed by atoms with Crippen molar-refractivity contribution in [2.45, 2.75) is 18.7 Å². The zero-order valence-electron chi connectivity index (χ0n) is 12.1. The highest BCUT2D eigenvalue weighted by Crippen LogP contribution is 2.27. The number of benzene rings is 2. The number of halogens is 1. The third-order valence-corrected chi connectivity index (χ3v) is 5.12. The molecule has 2 aromatic carbocycles. The van der Waals surface area contributed by atoms with Crippen LogP contribution in [-0.4, -0.2) is 15.5 Å². The van der Waals surface area contributed by atoms with E-state index in [1.54, 1.807) is 12.1 Å². The van der Waals surface area contributed by atoms with Crippen LogP contribution in [0.3, 0.4) is 0 Å². The number of hydrogen-bond acceptors (Lipinski definition) is 3. The van der Waals surface area contributed by atoms with Crippen LogP contribution in [0.15, 0.2) is 41.3 Å². The lowest BCUT2D eigenvalue weighted by Crippen LogP contribution is -2.27. The third kappa shape index (κ3) is 2.71. The van der Waals surface area contributed by atoms with Gasteiger partial charge in [-0.25, -0.2) is 12.8 Å². The summed E-state index contributed by atoms with van der Waals surface area (Å²) in [5.74, 6) is -0.590. The first kappa shape index (κ1) is 15.3. The minimum Gasteiger partial charge on any atom is -0.396 e. The van der Waals surface area contributed by atoms with E-state index >= 15 is 0 Å². The van der Waals surface area contributed by atoms with Gasteiger partial charge in [0.1, 0.15) is 5.82 Å². The number of para-hydroxylation sites is 1. The van der Waals surface area contributed by atoms with E-state index in [4.69, 9.17) is 5.73 Å². The summed E-state index contributed by atoms with van der Waals surface area (Å²) >= 11 is 0. The van der Waals surface area contributed by atoms with Gasteiger partial charge in [0.25, 0.3) is 10.0 Å². The summed E-state index contributed by atoms with van der Waals surface area (Å²) in [6.45, 7) is 3.31. The van der Waals surface area contributed by atoms with E-state index in [0.717, 1.165) is 11.6 Å². The predicted octanol–water partition coefficient (Wildman–Crippen LogP) is 2.85. The lowest BCUT2D eigenvalue weighted by Gasteiger charge is -2.22. The van der Waals surface area contributed by atoms with E-state index in [9.17, 15) is 12.8 Å². The predicted molar refractivity (Wildman–Crippen MR) is 82.3 cm³/mol. The highest BCUT2D eigenvalue weighted by Gasteiger charge is 2.24. The molecule has 0 bridgehead atoms. The highest BCUT2D eigenvalue weighted by molar-refractivity contribution is 7.92. The maximum Gasteiger partial charge on any atom is 0.264 e. The second-order valence-corrected chi connectivity index (χ2v) is 6.87. The lowest BCUT2D eigenvalue weighted by molar-refractivity contribution is 0.592. The number of nitrogen functional groups attached to an aromatic ring is 1. The van der Waals surface area contributed by atoms with Gasteiger partial charge >= 0.3 is 0 Å². The Morgan fingerprint density at radius 1 is 1.10 bits per heavy atom. The second kappa shape index (κ2) is 5.37. The maximum atomic E-state index is 13.6. The Morgan fingerprint density at radius 2 is 1.71 bits per heavy atom. The zero-order valence-corrected chi connectivity index (χ0v) is 12.9. The Balaban J connectivity index is 2.55. The summed E-state index contributed by atoms with van der Waals surface area (Å²) in [5.41, 5.74) is 6.95. The van der Waals surface area contributed by atoms with E-state index in [-0.39, 0.29) is 16.1 Å². The van der Waals surface area contributed by atoms with Crippen LogP contribution in [-0.2, 0) is 10.0 Å². The number of nitrogens with zero attached hydrogens (tertiary/aromatic N) is 1. The first-order valence-corrected chi connectivity index (χ1v) is 7.79. The fraction of sp³-hybridized carbons (Fsp3) is 0.200. The summed E-state index contributed by atoms with van der Waals surface area (Å²) < 4.78 is 40.0. The van der Waals surface area contributed by atoms with Crippen molar-refractivity contribution in [3.8, 4) is 0 Å². The highest BCUT2D eigenvalue weighted by atomic mass is 32.2. The van der Waals surface area contributed by atoms with Crippen LogP contribution in [0.1, 0.15) is 11.1 Å². The fourth-order valence-corrected chi connectivity index (χ4v) is 3.50. The summed E-state index contributed by atoms with van der Waals surface area (Å²) in [4.78, 5) is -0.0235. The monoisotopic (exact) mass is 308 g/mol. The standard InChI is InChI=1S/C15H17FN2O2S/c1-10-6-4-5-7-14(10)18(3)21(19,20)12-8-11(2)15(16)13(17)9-12/h4-9H,17H2,1-3H3. The largest absolute Gasteiger partial charge is 0.396 e. The number of aryl methyl sites for hydroxylation is 2. The molecule has 4 nitrogen and oxygen atoms in total. The van der Waals surface area contributed by atoms with Crippen molar-refractivity contribution in [3.05, 3.63) is 53.3 Å². The van der Waals surface area contributed by atoms with Gasteiger partial charge in [-0.2, -0.15) is 0 Å². The number of rotatable bonds is 3. The molecule has 0 aliphatic rings. The molecule has 0 saturated heterocycles. The van der Waals surface area contributed by atoms with Crippen LogP contribution in [0, 0.1) is 19.7 Å². The van der Waals surface area contributed by atoms with Gasteiger partial charge in [0, 0.05) is 7.05 Å². The summed E-state index contributed by atoms with van der Waals surface area (Å²) in [6.07, 6.45) is 0. The zero-order chi connectivity index (χ0) is 15.8. The molecule has 6 heteroatoms. The molecule has 0 saturated carbocycles. The van der Waals surface area contributed by atoms with E-state index in [0.29, 0.717) is 5.69 Å². The normalized spacial score (nSPS) is 11.4. The van der Waals surface area contributed by atoms with Crippen molar-refractivity contribution in [1.29, 1.82) is 0 Å². The summed E-state index contributed by atoms with van der Waals surface area (Å²) in [6, 6.07) is 9.57. The Bertz CT molecular complexity index is 765. The van der Waals surface area contributed by atoms with Crippen LogP contribution in [0.2, 0.25) is 0 Å². The van der Waals surface area contributed by atoms with Gasteiger partial charge < -0.3 is 5.73 Å². The number of hydrogen-bond donors (Lipinski definition) is 1. The Labute approximate surface area is 124 Å². The van der Waals surface area contributed by atoms with E-state index in [1.807, 2.05) is 19.1 Å². The van der Waals surface area contributed by atoms with Crippen LogP contribution >= 0.6 is 0 Å². The molecule has 0 atom stereocenters. The Hall–Kier alpha value is -2.08. The molecule has 0 amide bonds. The van der Waals surface area contributed by atoms with Crippen LogP contribution < -0.4 is 10.0 Å². The minimum absolute atomic E-state index is 0.0235. The first-order valence-electron chi connectivity index (χ1n) is 6.35. The average molecular weight is 308 g/mol. The molecule has 0 unspecified atom stereocenters. The molecule has 0 radical (unpaired) electrons. The fourth-order valence-electron chi connectivity index (χ4n) is 2.12. The van der Waals surface area contributed by atoms with Crippen LogP contribution in [0.5, 0.6) is 0 Å². The van der Waals surface area contributed by atoms with Crippen molar-refractivity contribution in [2.24, 2.45) is 0 Å². The lowest BCUT2D eigenvalue weighted by atomic mass is 10.2. The molecule has 0 heterocycles. The molecule has 21 heavy (non-hydrogen) atoms. The van der Waals surface area contributed by atoms with Crippen molar-refractivity contribution >= 4 is 21.4 Å².